The zero-order valence-corrected chi connectivity index (χ0v) is 26.6. The molecule has 1 aromatic rings. The van der Waals surface area contributed by atoms with E-state index in [9.17, 15) is 28.8 Å². The Hall–Kier alpha value is -4.30. The summed E-state index contributed by atoms with van der Waals surface area (Å²) in [5.74, 6) is -2.00. The van der Waals surface area contributed by atoms with E-state index in [1.807, 2.05) is 13.8 Å². The minimum atomic E-state index is -0.885. The van der Waals surface area contributed by atoms with Crippen LogP contribution in [0, 0.1) is 11.8 Å². The first-order valence-corrected chi connectivity index (χ1v) is 15.0. The first-order chi connectivity index (χ1) is 21.4. The first kappa shape index (κ1) is 36.9. The Bertz CT molecular complexity index is 1180. The SMILES string of the molecule is CC(C)CNC(=O)OCc1ccc(NC(=O)[C@H](C)NC(=O)[C@@H](NC(=O)CCOCCOCCN2C(=O)C=CC2=O)C(C)C)cc1. The minimum absolute atomic E-state index is 0.0125. The summed E-state index contributed by atoms with van der Waals surface area (Å²) in [5, 5.41) is 10.7. The standard InChI is InChI=1S/C31H45N5O9/c1-20(2)18-32-31(42)45-19-23-6-8-24(9-7-23)34-29(40)22(5)33-30(41)28(21(3)4)35-25(37)12-14-43-16-17-44-15-13-36-26(38)10-11-27(36)39/h6-11,20-22,28H,12-19H2,1-5H3,(H,32,42)(H,33,41)(H,34,40)(H,35,37)/t22-,28-/m0/s1. The van der Waals surface area contributed by atoms with E-state index in [0.717, 1.165) is 10.5 Å². The normalized spacial score (nSPS) is 14.0. The second-order valence-electron chi connectivity index (χ2n) is 11.2. The maximum Gasteiger partial charge on any atom is 0.407 e. The molecule has 4 N–H and O–H groups in total. The van der Waals surface area contributed by atoms with Crippen LogP contribution in [0.1, 0.15) is 46.6 Å². The molecule has 248 valence electrons. The van der Waals surface area contributed by atoms with E-state index in [-0.39, 0.29) is 69.6 Å². The second-order valence-corrected chi connectivity index (χ2v) is 11.2. The summed E-state index contributed by atoms with van der Waals surface area (Å²) in [6, 6.07) is 5.02. The van der Waals surface area contributed by atoms with Crippen LogP contribution in [0.5, 0.6) is 0 Å². The molecule has 0 saturated carbocycles. The van der Waals surface area contributed by atoms with Crippen molar-refractivity contribution in [2.45, 2.75) is 59.7 Å². The van der Waals surface area contributed by atoms with Crippen molar-refractivity contribution in [2.75, 3.05) is 44.8 Å². The highest BCUT2D eigenvalue weighted by Gasteiger charge is 2.27. The number of amides is 6. The van der Waals surface area contributed by atoms with E-state index < -0.39 is 30.0 Å². The number of benzene rings is 1. The summed E-state index contributed by atoms with van der Waals surface area (Å²) in [7, 11) is 0. The van der Waals surface area contributed by atoms with Gasteiger partial charge in [0.05, 0.1) is 33.0 Å². The monoisotopic (exact) mass is 631 g/mol. The van der Waals surface area contributed by atoms with Gasteiger partial charge in [0, 0.05) is 30.8 Å². The minimum Gasteiger partial charge on any atom is -0.445 e. The van der Waals surface area contributed by atoms with E-state index in [4.69, 9.17) is 14.2 Å². The Kier molecular flexibility index (Phi) is 15.7. The summed E-state index contributed by atoms with van der Waals surface area (Å²) < 4.78 is 15.9. The van der Waals surface area contributed by atoms with E-state index in [1.165, 1.54) is 19.1 Å². The highest BCUT2D eigenvalue weighted by atomic mass is 16.5. The third-order valence-electron chi connectivity index (χ3n) is 6.47. The van der Waals surface area contributed by atoms with Gasteiger partial charge in [-0.3, -0.25) is 28.9 Å². The van der Waals surface area contributed by atoms with Crippen LogP contribution >= 0.6 is 0 Å². The van der Waals surface area contributed by atoms with Gasteiger partial charge in [0.2, 0.25) is 17.7 Å². The van der Waals surface area contributed by atoms with Gasteiger partial charge in [-0.25, -0.2) is 4.79 Å². The van der Waals surface area contributed by atoms with Crippen molar-refractivity contribution >= 4 is 41.3 Å². The molecule has 1 heterocycles. The molecule has 0 unspecified atom stereocenters. The summed E-state index contributed by atoms with van der Waals surface area (Å²) in [4.78, 5) is 73.8. The average molecular weight is 632 g/mol. The molecular formula is C31H45N5O9. The van der Waals surface area contributed by atoms with E-state index in [2.05, 4.69) is 21.3 Å². The second kappa shape index (κ2) is 19.2. The zero-order chi connectivity index (χ0) is 33.4. The van der Waals surface area contributed by atoms with Crippen molar-refractivity contribution in [2.24, 2.45) is 11.8 Å². The molecular weight excluding hydrogens is 586 g/mol. The van der Waals surface area contributed by atoms with Gasteiger partial charge in [-0.05, 0) is 36.5 Å². The number of ether oxygens (including phenoxy) is 3. The van der Waals surface area contributed by atoms with Gasteiger partial charge in [-0.2, -0.15) is 0 Å². The molecule has 0 radical (unpaired) electrons. The van der Waals surface area contributed by atoms with Crippen molar-refractivity contribution < 1.29 is 43.0 Å². The van der Waals surface area contributed by atoms with Crippen LogP contribution in [0.2, 0.25) is 0 Å². The fourth-order valence-corrected chi connectivity index (χ4v) is 3.87. The predicted octanol–water partition coefficient (Wildman–Crippen LogP) is 1.50. The summed E-state index contributed by atoms with van der Waals surface area (Å²) >= 11 is 0. The van der Waals surface area contributed by atoms with E-state index in [1.54, 1.807) is 38.1 Å². The van der Waals surface area contributed by atoms with Crippen LogP contribution in [0.4, 0.5) is 10.5 Å². The number of nitrogens with zero attached hydrogens (tertiary/aromatic N) is 1. The molecule has 2 rings (SSSR count). The zero-order valence-electron chi connectivity index (χ0n) is 26.6. The molecule has 1 aliphatic rings. The van der Waals surface area contributed by atoms with Crippen molar-refractivity contribution in [3.05, 3.63) is 42.0 Å². The van der Waals surface area contributed by atoms with Gasteiger partial charge in [-0.15, -0.1) is 0 Å². The predicted molar refractivity (Wildman–Crippen MR) is 165 cm³/mol. The molecule has 0 aromatic heterocycles. The summed E-state index contributed by atoms with van der Waals surface area (Å²) in [6.45, 7) is 10.5. The van der Waals surface area contributed by atoms with Crippen LogP contribution in [0.15, 0.2) is 36.4 Å². The summed E-state index contributed by atoms with van der Waals surface area (Å²) in [6.07, 6.45) is 1.93. The largest absolute Gasteiger partial charge is 0.445 e. The van der Waals surface area contributed by atoms with Crippen molar-refractivity contribution in [1.82, 2.24) is 20.9 Å². The van der Waals surface area contributed by atoms with Crippen molar-refractivity contribution in [3.8, 4) is 0 Å². The van der Waals surface area contributed by atoms with Gasteiger partial charge in [0.25, 0.3) is 11.8 Å². The Balaban J connectivity index is 1.66. The average Bonchev–Trinajstić information content (AvgIpc) is 3.31. The molecule has 0 spiro atoms. The van der Waals surface area contributed by atoms with Crippen LogP contribution < -0.4 is 21.3 Å². The number of carbonyl (C=O) groups excluding carboxylic acids is 6. The maximum absolute atomic E-state index is 12.9. The lowest BCUT2D eigenvalue weighted by molar-refractivity contribution is -0.137. The molecule has 14 heteroatoms. The topological polar surface area (TPSA) is 181 Å². The van der Waals surface area contributed by atoms with Crippen LogP contribution in [0.25, 0.3) is 0 Å². The van der Waals surface area contributed by atoms with Gasteiger partial charge in [-0.1, -0.05) is 39.8 Å². The quantitative estimate of drug-likeness (QED) is 0.130. The van der Waals surface area contributed by atoms with Gasteiger partial charge >= 0.3 is 6.09 Å². The lowest BCUT2D eigenvalue weighted by Gasteiger charge is -2.24. The lowest BCUT2D eigenvalue weighted by atomic mass is 10.0. The van der Waals surface area contributed by atoms with Crippen LogP contribution in [0.3, 0.4) is 0 Å². The fourth-order valence-electron chi connectivity index (χ4n) is 3.87. The van der Waals surface area contributed by atoms with E-state index >= 15 is 0 Å². The molecule has 6 amide bonds. The third-order valence-corrected chi connectivity index (χ3v) is 6.47. The Labute approximate surface area is 263 Å². The van der Waals surface area contributed by atoms with Crippen LogP contribution in [-0.2, 0) is 44.8 Å². The highest BCUT2D eigenvalue weighted by Crippen LogP contribution is 2.12. The molecule has 0 saturated heterocycles. The Morgan fingerprint density at radius 3 is 2.02 bits per heavy atom. The van der Waals surface area contributed by atoms with Crippen molar-refractivity contribution in [3.63, 3.8) is 0 Å². The van der Waals surface area contributed by atoms with Crippen molar-refractivity contribution in [1.29, 1.82) is 0 Å². The van der Waals surface area contributed by atoms with E-state index in [0.29, 0.717) is 18.2 Å². The number of carbonyl (C=O) groups is 6. The molecule has 0 aliphatic carbocycles. The molecule has 1 aliphatic heterocycles. The number of nitrogens with one attached hydrogen (secondary N) is 4. The van der Waals surface area contributed by atoms with Crippen LogP contribution in [-0.4, -0.2) is 92.1 Å². The summed E-state index contributed by atoms with van der Waals surface area (Å²) in [5.41, 5.74) is 1.24. The molecule has 45 heavy (non-hydrogen) atoms. The number of rotatable bonds is 19. The lowest BCUT2D eigenvalue weighted by Crippen LogP contribution is -2.53. The fraction of sp³-hybridized carbons (Fsp3) is 0.548. The maximum atomic E-state index is 12.9. The number of hydrogen-bond acceptors (Lipinski definition) is 9. The number of hydrogen-bond donors (Lipinski definition) is 4. The molecule has 1 aromatic carbocycles. The first-order valence-electron chi connectivity index (χ1n) is 15.0. The Morgan fingerprint density at radius 2 is 1.42 bits per heavy atom. The molecule has 14 nitrogen and oxygen atoms in total. The highest BCUT2D eigenvalue weighted by molar-refractivity contribution is 6.12. The van der Waals surface area contributed by atoms with Gasteiger partial charge in [0.1, 0.15) is 18.7 Å². The molecule has 2 atom stereocenters. The third kappa shape index (κ3) is 13.9. The number of imide groups is 1. The van der Waals surface area contributed by atoms with Gasteiger partial charge < -0.3 is 35.5 Å². The number of alkyl carbamates (subject to hydrolysis) is 1. The number of anilines is 1. The Morgan fingerprint density at radius 1 is 0.800 bits per heavy atom. The molecule has 0 bridgehead atoms. The molecule has 0 fully saturated rings. The van der Waals surface area contributed by atoms with Gasteiger partial charge in [0.15, 0.2) is 0 Å². The smallest absolute Gasteiger partial charge is 0.407 e.